The van der Waals surface area contributed by atoms with Gasteiger partial charge in [0.15, 0.2) is 6.29 Å². The molecule has 1 aromatic rings. The van der Waals surface area contributed by atoms with E-state index in [4.69, 9.17) is 0 Å². The van der Waals surface area contributed by atoms with Crippen molar-refractivity contribution in [2.45, 2.75) is 19.8 Å². The molecule has 1 aromatic carbocycles. The molecule has 1 heterocycles. The Hall–Kier alpha value is -1.91. The van der Waals surface area contributed by atoms with Gasteiger partial charge in [0.2, 0.25) is 0 Å². The minimum atomic E-state index is -0.521. The lowest BCUT2D eigenvalue weighted by molar-refractivity contribution is -0.385. The molecule has 1 atom stereocenters. The molecule has 0 aromatic heterocycles. The van der Waals surface area contributed by atoms with Gasteiger partial charge in [-0.15, -0.1) is 0 Å². The Balaban J connectivity index is 2.29. The van der Waals surface area contributed by atoms with E-state index in [2.05, 4.69) is 11.8 Å². The van der Waals surface area contributed by atoms with Gasteiger partial charge in [0.1, 0.15) is 0 Å². The van der Waals surface area contributed by atoms with Gasteiger partial charge in [-0.05, 0) is 30.9 Å². The highest BCUT2D eigenvalue weighted by molar-refractivity contribution is 5.83. The lowest BCUT2D eigenvalue weighted by Gasteiger charge is -2.32. The van der Waals surface area contributed by atoms with Crippen LogP contribution in [0.5, 0.6) is 0 Å². The number of nitrogens with zero attached hydrogens (tertiary/aromatic N) is 2. The quantitative estimate of drug-likeness (QED) is 0.468. The summed E-state index contributed by atoms with van der Waals surface area (Å²) in [7, 11) is 0. The molecular weight excluding hydrogens is 232 g/mol. The van der Waals surface area contributed by atoms with Crippen LogP contribution in [0.25, 0.3) is 0 Å². The van der Waals surface area contributed by atoms with Gasteiger partial charge in [0.25, 0.3) is 5.69 Å². The van der Waals surface area contributed by atoms with Crippen LogP contribution in [-0.2, 0) is 0 Å². The summed E-state index contributed by atoms with van der Waals surface area (Å²) in [6.45, 7) is 4.08. The summed E-state index contributed by atoms with van der Waals surface area (Å²) in [4.78, 5) is 23.3. The number of nitro groups is 1. The Bertz CT molecular complexity index is 473. The molecule has 18 heavy (non-hydrogen) atoms. The third kappa shape index (κ3) is 2.50. The third-order valence-corrected chi connectivity index (χ3v) is 3.36. The fraction of sp³-hybridized carbons (Fsp3) is 0.462. The second kappa shape index (κ2) is 5.16. The van der Waals surface area contributed by atoms with Crippen molar-refractivity contribution >= 4 is 17.7 Å². The molecular formula is C13H16N2O3. The number of carbonyl (C=O) groups is 1. The number of benzene rings is 1. The lowest BCUT2D eigenvalue weighted by atomic mass is 9.99. The highest BCUT2D eigenvalue weighted by Gasteiger charge is 2.19. The van der Waals surface area contributed by atoms with E-state index >= 15 is 0 Å². The van der Waals surface area contributed by atoms with Crippen LogP contribution < -0.4 is 4.90 Å². The molecule has 5 heteroatoms. The molecule has 0 radical (unpaired) electrons. The van der Waals surface area contributed by atoms with Crippen LogP contribution in [0.1, 0.15) is 30.1 Å². The Kier molecular flexibility index (Phi) is 3.60. The Morgan fingerprint density at radius 3 is 2.89 bits per heavy atom. The van der Waals surface area contributed by atoms with Crippen molar-refractivity contribution in [1.82, 2.24) is 0 Å². The van der Waals surface area contributed by atoms with Gasteiger partial charge in [-0.1, -0.05) is 6.92 Å². The summed E-state index contributed by atoms with van der Waals surface area (Å²) in [5.41, 5.74) is 0.920. The van der Waals surface area contributed by atoms with Gasteiger partial charge in [-0.2, -0.15) is 0 Å². The number of aldehydes is 1. The highest BCUT2D eigenvalue weighted by Crippen LogP contribution is 2.27. The van der Waals surface area contributed by atoms with Gasteiger partial charge in [-0.3, -0.25) is 14.9 Å². The molecule has 2 rings (SSSR count). The number of piperidine rings is 1. The summed E-state index contributed by atoms with van der Waals surface area (Å²) in [5.74, 6) is 0.619. The van der Waals surface area contributed by atoms with Crippen LogP contribution in [0.3, 0.4) is 0 Å². The van der Waals surface area contributed by atoms with Crippen LogP contribution in [-0.4, -0.2) is 24.3 Å². The van der Waals surface area contributed by atoms with E-state index < -0.39 is 4.92 Å². The summed E-state index contributed by atoms with van der Waals surface area (Å²) >= 11 is 0. The fourth-order valence-corrected chi connectivity index (χ4v) is 2.42. The molecule has 0 saturated carbocycles. The number of anilines is 1. The van der Waals surface area contributed by atoms with Crippen molar-refractivity contribution < 1.29 is 9.72 Å². The molecule has 0 spiro atoms. The van der Waals surface area contributed by atoms with Gasteiger partial charge in [0.05, 0.1) is 10.5 Å². The smallest absolute Gasteiger partial charge is 0.280 e. The zero-order chi connectivity index (χ0) is 13.1. The summed E-state index contributed by atoms with van der Waals surface area (Å²) in [6.07, 6.45) is 2.88. The zero-order valence-corrected chi connectivity index (χ0v) is 10.3. The Morgan fingerprint density at radius 2 is 2.28 bits per heavy atom. The number of rotatable bonds is 3. The van der Waals surface area contributed by atoms with Crippen molar-refractivity contribution in [3.63, 3.8) is 0 Å². The monoisotopic (exact) mass is 248 g/mol. The van der Waals surface area contributed by atoms with Crippen LogP contribution in [0, 0.1) is 16.0 Å². The van der Waals surface area contributed by atoms with E-state index in [1.165, 1.54) is 12.5 Å². The van der Waals surface area contributed by atoms with E-state index in [-0.39, 0.29) is 11.3 Å². The van der Waals surface area contributed by atoms with Crippen molar-refractivity contribution in [3.8, 4) is 0 Å². The fourth-order valence-electron chi connectivity index (χ4n) is 2.42. The van der Waals surface area contributed by atoms with Crippen molar-refractivity contribution in [3.05, 3.63) is 33.9 Å². The van der Waals surface area contributed by atoms with E-state index in [1.54, 1.807) is 12.1 Å². The minimum Gasteiger partial charge on any atom is -0.371 e. The third-order valence-electron chi connectivity index (χ3n) is 3.36. The molecule has 1 saturated heterocycles. The molecule has 5 nitrogen and oxygen atoms in total. The predicted molar refractivity (Wildman–Crippen MR) is 69.1 cm³/mol. The van der Waals surface area contributed by atoms with E-state index in [9.17, 15) is 14.9 Å². The van der Waals surface area contributed by atoms with Crippen LogP contribution in [0.4, 0.5) is 11.4 Å². The average molecular weight is 248 g/mol. The van der Waals surface area contributed by atoms with E-state index in [1.807, 2.05) is 0 Å². The molecule has 0 amide bonds. The summed E-state index contributed by atoms with van der Waals surface area (Å²) in [6, 6.07) is 4.75. The standard InChI is InChI=1S/C13H16N2O3/c1-10-3-2-6-14(8-10)12-4-5-13(15(17)18)11(7-12)9-16/h4-5,7,9-10H,2-3,6,8H2,1H3. The average Bonchev–Trinajstić information content (AvgIpc) is 2.37. The zero-order valence-electron chi connectivity index (χ0n) is 10.3. The first kappa shape index (κ1) is 12.5. The maximum absolute atomic E-state index is 10.9. The van der Waals surface area contributed by atoms with Crippen molar-refractivity contribution in [2.75, 3.05) is 18.0 Å². The van der Waals surface area contributed by atoms with Crippen LogP contribution >= 0.6 is 0 Å². The summed E-state index contributed by atoms with van der Waals surface area (Å²) in [5, 5.41) is 10.8. The first-order valence-corrected chi connectivity index (χ1v) is 6.10. The second-order valence-corrected chi connectivity index (χ2v) is 4.81. The van der Waals surface area contributed by atoms with Crippen molar-refractivity contribution in [2.24, 2.45) is 5.92 Å². The van der Waals surface area contributed by atoms with Gasteiger partial charge in [-0.25, -0.2) is 0 Å². The summed E-state index contributed by atoms with van der Waals surface area (Å²) < 4.78 is 0. The lowest BCUT2D eigenvalue weighted by Crippen LogP contribution is -2.34. The first-order chi connectivity index (χ1) is 8.61. The predicted octanol–water partition coefficient (Wildman–Crippen LogP) is 2.64. The Morgan fingerprint density at radius 1 is 1.50 bits per heavy atom. The maximum atomic E-state index is 10.9. The molecule has 1 aliphatic rings. The van der Waals surface area contributed by atoms with Crippen LogP contribution in [0.15, 0.2) is 18.2 Å². The maximum Gasteiger partial charge on any atom is 0.280 e. The molecule has 0 aliphatic carbocycles. The Labute approximate surface area is 106 Å². The van der Waals surface area contributed by atoms with Gasteiger partial charge >= 0.3 is 0 Å². The number of hydrogen-bond acceptors (Lipinski definition) is 4. The number of hydrogen-bond donors (Lipinski definition) is 0. The molecule has 1 aliphatic heterocycles. The van der Waals surface area contributed by atoms with E-state index in [0.717, 1.165) is 25.2 Å². The molecule has 1 fully saturated rings. The number of nitro benzene ring substituents is 1. The molecule has 0 bridgehead atoms. The van der Waals surface area contributed by atoms with Gasteiger partial charge < -0.3 is 4.90 Å². The van der Waals surface area contributed by atoms with Crippen LogP contribution in [0.2, 0.25) is 0 Å². The topological polar surface area (TPSA) is 63.4 Å². The number of carbonyl (C=O) groups excluding carboxylic acids is 1. The normalized spacial score (nSPS) is 19.6. The first-order valence-electron chi connectivity index (χ1n) is 6.10. The van der Waals surface area contributed by atoms with Crippen molar-refractivity contribution in [1.29, 1.82) is 0 Å². The largest absolute Gasteiger partial charge is 0.371 e. The van der Waals surface area contributed by atoms with E-state index in [0.29, 0.717) is 12.2 Å². The minimum absolute atomic E-state index is 0.126. The molecule has 0 N–H and O–H groups in total. The highest BCUT2D eigenvalue weighted by atomic mass is 16.6. The SMILES string of the molecule is CC1CCCN(c2ccc([N+](=O)[O-])c(C=O)c2)C1. The second-order valence-electron chi connectivity index (χ2n) is 4.81. The van der Waals surface area contributed by atoms with Gasteiger partial charge in [0, 0.05) is 24.8 Å². The molecule has 1 unspecified atom stereocenters. The molecule has 96 valence electrons.